The molecule has 0 saturated carbocycles. The fourth-order valence-electron chi connectivity index (χ4n) is 9.29. The summed E-state index contributed by atoms with van der Waals surface area (Å²) in [6.07, 6.45) is 0. The van der Waals surface area contributed by atoms with Gasteiger partial charge in [0.1, 0.15) is 11.2 Å². The molecule has 0 aliphatic carbocycles. The van der Waals surface area contributed by atoms with Gasteiger partial charge in [-0.1, -0.05) is 164 Å². The first-order valence-electron chi connectivity index (χ1n) is 20.8. The van der Waals surface area contributed by atoms with Crippen LogP contribution < -0.4 is 4.90 Å². The van der Waals surface area contributed by atoms with Gasteiger partial charge in [-0.2, -0.15) is 0 Å². The molecule has 3 heteroatoms. The third-order valence-electron chi connectivity index (χ3n) is 12.2. The molecule has 0 spiro atoms. The number of furan rings is 1. The van der Waals surface area contributed by atoms with E-state index >= 15 is 0 Å². The molecule has 0 fully saturated rings. The lowest BCUT2D eigenvalue weighted by Gasteiger charge is -2.26. The van der Waals surface area contributed by atoms with Crippen LogP contribution in [0.3, 0.4) is 0 Å². The van der Waals surface area contributed by atoms with Crippen LogP contribution >= 0.6 is 0 Å². The minimum atomic E-state index is 0.895. The lowest BCUT2D eigenvalue weighted by molar-refractivity contribution is 0.673. The van der Waals surface area contributed by atoms with Crippen LogP contribution in [0.5, 0.6) is 0 Å². The average molecular weight is 779 g/mol. The first-order valence-corrected chi connectivity index (χ1v) is 20.8. The van der Waals surface area contributed by atoms with Gasteiger partial charge in [-0.15, -0.1) is 0 Å². The Morgan fingerprint density at radius 3 is 1.56 bits per heavy atom. The first-order chi connectivity index (χ1) is 30.2. The summed E-state index contributed by atoms with van der Waals surface area (Å²) >= 11 is 0. The van der Waals surface area contributed by atoms with Gasteiger partial charge in [-0.25, -0.2) is 0 Å². The van der Waals surface area contributed by atoms with E-state index in [2.05, 4.69) is 240 Å². The van der Waals surface area contributed by atoms with E-state index in [1.165, 1.54) is 49.4 Å². The molecule has 2 aromatic heterocycles. The van der Waals surface area contributed by atoms with E-state index in [4.69, 9.17) is 4.42 Å². The minimum absolute atomic E-state index is 0.895. The molecule has 12 rings (SSSR count). The fraction of sp³-hybridized carbons (Fsp3) is 0. The number of anilines is 3. The molecule has 0 amide bonds. The summed E-state index contributed by atoms with van der Waals surface area (Å²) in [7, 11) is 0. The summed E-state index contributed by atoms with van der Waals surface area (Å²) in [5.41, 5.74) is 15.6. The zero-order valence-electron chi connectivity index (χ0n) is 33.2. The number of fused-ring (bicyclic) bond motifs is 8. The molecular weight excluding hydrogens is 741 g/mol. The van der Waals surface area contributed by atoms with Crippen molar-refractivity contribution in [3.05, 3.63) is 231 Å². The minimum Gasteiger partial charge on any atom is -0.455 e. The molecule has 286 valence electrons. The zero-order valence-corrected chi connectivity index (χ0v) is 33.2. The van der Waals surface area contributed by atoms with Crippen LogP contribution in [0.2, 0.25) is 0 Å². The molecule has 0 aliphatic rings. The molecule has 3 nitrogen and oxygen atoms in total. The van der Waals surface area contributed by atoms with Crippen molar-refractivity contribution in [2.75, 3.05) is 4.90 Å². The van der Waals surface area contributed by atoms with Gasteiger partial charge in [0.2, 0.25) is 0 Å². The highest BCUT2D eigenvalue weighted by atomic mass is 16.3. The standard InChI is InChI=1S/C58H38N2O/c1-2-12-39(13-3-1)40-24-26-41(27-25-40)42-28-33-45(34-29-42)59(47-15-10-16-48(38-47)60-54-21-8-6-18-51(54)52-19-7-9-22-55(52)60)46-35-30-44(31-36-46)49-20-11-23-56-57(49)53-37-32-43-14-4-5-17-50(43)58(53)61-56/h1-38H. The molecule has 0 saturated heterocycles. The van der Waals surface area contributed by atoms with E-state index in [-0.39, 0.29) is 0 Å². The number of hydrogen-bond donors (Lipinski definition) is 0. The van der Waals surface area contributed by atoms with Crippen molar-refractivity contribution in [1.29, 1.82) is 0 Å². The summed E-state index contributed by atoms with van der Waals surface area (Å²) in [6, 6.07) is 82.8. The monoisotopic (exact) mass is 778 g/mol. The molecule has 0 bridgehead atoms. The Morgan fingerprint density at radius 2 is 0.885 bits per heavy atom. The topological polar surface area (TPSA) is 21.3 Å². The molecule has 61 heavy (non-hydrogen) atoms. The van der Waals surface area contributed by atoms with Crippen molar-refractivity contribution in [1.82, 2.24) is 4.57 Å². The van der Waals surface area contributed by atoms with Gasteiger partial charge in [0.15, 0.2) is 0 Å². The third kappa shape index (κ3) is 5.90. The predicted octanol–water partition coefficient (Wildman–Crippen LogP) is 16.3. The highest BCUT2D eigenvalue weighted by Gasteiger charge is 2.19. The number of aromatic nitrogens is 1. The molecule has 10 aromatic carbocycles. The lowest BCUT2D eigenvalue weighted by atomic mass is 9.98. The van der Waals surface area contributed by atoms with Crippen LogP contribution in [-0.4, -0.2) is 4.57 Å². The molecule has 0 atom stereocenters. The number of nitrogens with zero attached hydrogens (tertiary/aromatic N) is 2. The SMILES string of the molecule is c1ccc(-c2ccc(-c3ccc(N(c4ccc(-c5cccc6oc7c8ccccc8ccc7c56)cc4)c4cccc(-n5c6ccccc6c6ccccc65)c4)cc3)cc2)cc1. The van der Waals surface area contributed by atoms with Crippen molar-refractivity contribution < 1.29 is 4.42 Å². The Balaban J connectivity index is 0.971. The van der Waals surface area contributed by atoms with Gasteiger partial charge < -0.3 is 13.9 Å². The first kappa shape index (κ1) is 34.9. The summed E-state index contributed by atoms with van der Waals surface area (Å²) in [5, 5.41) is 7.07. The second-order valence-electron chi connectivity index (χ2n) is 15.7. The normalized spacial score (nSPS) is 11.6. The predicted molar refractivity (Wildman–Crippen MR) is 257 cm³/mol. The molecular formula is C58H38N2O. The maximum absolute atomic E-state index is 6.56. The largest absolute Gasteiger partial charge is 0.455 e. The van der Waals surface area contributed by atoms with Crippen LogP contribution in [0.25, 0.3) is 93.6 Å². The summed E-state index contributed by atoms with van der Waals surface area (Å²) in [6.45, 7) is 0. The van der Waals surface area contributed by atoms with Gasteiger partial charge in [-0.05, 0) is 105 Å². The van der Waals surface area contributed by atoms with Crippen LogP contribution in [-0.2, 0) is 0 Å². The third-order valence-corrected chi connectivity index (χ3v) is 12.2. The maximum Gasteiger partial charge on any atom is 0.143 e. The Bertz CT molecular complexity index is 3510. The summed E-state index contributed by atoms with van der Waals surface area (Å²) in [5.74, 6) is 0. The molecule has 0 aliphatic heterocycles. The van der Waals surface area contributed by atoms with Crippen molar-refractivity contribution in [2.45, 2.75) is 0 Å². The smallest absolute Gasteiger partial charge is 0.143 e. The van der Waals surface area contributed by atoms with E-state index in [9.17, 15) is 0 Å². The number of benzene rings is 10. The number of rotatable bonds is 7. The van der Waals surface area contributed by atoms with E-state index < -0.39 is 0 Å². The molecule has 0 unspecified atom stereocenters. The fourth-order valence-corrected chi connectivity index (χ4v) is 9.29. The second-order valence-corrected chi connectivity index (χ2v) is 15.7. The summed E-state index contributed by atoms with van der Waals surface area (Å²) < 4.78 is 8.94. The van der Waals surface area contributed by atoms with Crippen LogP contribution in [0.15, 0.2) is 235 Å². The highest BCUT2D eigenvalue weighted by molar-refractivity contribution is 6.19. The van der Waals surface area contributed by atoms with Crippen molar-refractivity contribution in [2.24, 2.45) is 0 Å². The van der Waals surface area contributed by atoms with Crippen LogP contribution in [0.1, 0.15) is 0 Å². The van der Waals surface area contributed by atoms with Gasteiger partial charge in [0.05, 0.1) is 11.0 Å². The van der Waals surface area contributed by atoms with Crippen molar-refractivity contribution >= 4 is 71.6 Å². The van der Waals surface area contributed by atoms with Gasteiger partial charge in [0, 0.05) is 49.7 Å². The molecule has 12 aromatic rings. The summed E-state index contributed by atoms with van der Waals surface area (Å²) in [4.78, 5) is 2.36. The quantitative estimate of drug-likeness (QED) is 0.161. The Kier molecular flexibility index (Phi) is 8.17. The van der Waals surface area contributed by atoms with E-state index in [0.29, 0.717) is 0 Å². The number of para-hydroxylation sites is 2. The van der Waals surface area contributed by atoms with Crippen molar-refractivity contribution in [3.8, 4) is 39.1 Å². The maximum atomic E-state index is 6.56. The highest BCUT2D eigenvalue weighted by Crippen LogP contribution is 2.42. The van der Waals surface area contributed by atoms with E-state index in [1.54, 1.807) is 0 Å². The second kappa shape index (κ2) is 14.3. The Morgan fingerprint density at radius 1 is 0.344 bits per heavy atom. The molecule has 2 heterocycles. The van der Waals surface area contributed by atoms with E-state index in [1.807, 2.05) is 0 Å². The molecule has 0 N–H and O–H groups in total. The van der Waals surface area contributed by atoms with Gasteiger partial charge in [-0.3, -0.25) is 0 Å². The van der Waals surface area contributed by atoms with Crippen molar-refractivity contribution in [3.63, 3.8) is 0 Å². The zero-order chi connectivity index (χ0) is 40.3. The van der Waals surface area contributed by atoms with Gasteiger partial charge in [0.25, 0.3) is 0 Å². The Hall–Kier alpha value is -8.14. The van der Waals surface area contributed by atoms with Crippen LogP contribution in [0, 0.1) is 0 Å². The van der Waals surface area contributed by atoms with Gasteiger partial charge >= 0.3 is 0 Å². The molecule has 0 radical (unpaired) electrons. The van der Waals surface area contributed by atoms with E-state index in [0.717, 1.165) is 61.2 Å². The Labute approximate surface area is 353 Å². The average Bonchev–Trinajstić information content (AvgIpc) is 3.89. The number of hydrogen-bond acceptors (Lipinski definition) is 2. The van der Waals surface area contributed by atoms with Crippen LogP contribution in [0.4, 0.5) is 17.1 Å². The lowest BCUT2D eigenvalue weighted by Crippen LogP contribution is -2.10.